The van der Waals surface area contributed by atoms with E-state index in [9.17, 15) is 23.3 Å². The van der Waals surface area contributed by atoms with Crippen LogP contribution >= 0.6 is 0 Å². The van der Waals surface area contributed by atoms with Crippen molar-refractivity contribution < 1.29 is 46.4 Å². The highest BCUT2D eigenvalue weighted by molar-refractivity contribution is 7.92. The molecule has 0 aliphatic heterocycles. The van der Waals surface area contributed by atoms with Gasteiger partial charge in [0.25, 0.3) is 21.8 Å². The van der Waals surface area contributed by atoms with Crippen LogP contribution in [0.1, 0.15) is 39.0 Å². The lowest BCUT2D eigenvalue weighted by atomic mass is 10.0. The Morgan fingerprint density at radius 3 is 2.22 bits per heavy atom. The molecule has 4 N–H and O–H groups in total. The molecule has 5 rings (SSSR count). The number of sulfonamides is 1. The molecule has 0 atom stereocenters. The van der Waals surface area contributed by atoms with Crippen LogP contribution in [0.25, 0.3) is 10.9 Å². The number of hydrogen-bond acceptors (Lipinski definition) is 11. The topological polar surface area (TPSA) is 199 Å². The molecule has 15 nitrogen and oxygen atoms in total. The first kappa shape index (κ1) is 45.0. The van der Waals surface area contributed by atoms with E-state index in [1.165, 1.54) is 30.5 Å². The summed E-state index contributed by atoms with van der Waals surface area (Å²) in [5.41, 5.74) is 4.53. The maximum atomic E-state index is 13.1. The van der Waals surface area contributed by atoms with Gasteiger partial charge in [0.15, 0.2) is 18.1 Å². The highest BCUT2D eigenvalue weighted by Gasteiger charge is 2.19. The van der Waals surface area contributed by atoms with E-state index in [0.717, 1.165) is 29.5 Å². The third kappa shape index (κ3) is 13.2. The van der Waals surface area contributed by atoms with Crippen molar-refractivity contribution in [2.75, 3.05) is 78.3 Å². The van der Waals surface area contributed by atoms with Gasteiger partial charge in [-0.1, -0.05) is 24.3 Å². The van der Waals surface area contributed by atoms with E-state index in [1.54, 1.807) is 26.4 Å². The third-order valence-electron chi connectivity index (χ3n) is 9.17. The van der Waals surface area contributed by atoms with Gasteiger partial charge in [-0.25, -0.2) is 8.42 Å². The summed E-state index contributed by atoms with van der Waals surface area (Å²) < 4.78 is 61.6. The van der Waals surface area contributed by atoms with E-state index >= 15 is 0 Å². The molecule has 0 saturated heterocycles. The maximum absolute atomic E-state index is 13.1. The van der Waals surface area contributed by atoms with E-state index in [2.05, 4.69) is 32.8 Å². The van der Waals surface area contributed by atoms with Gasteiger partial charge in [-0.05, 0) is 97.5 Å². The number of benzene rings is 4. The fraction of sp³-hybridized carbons (Fsp3) is 0.318. The number of nitrogens with zero attached hydrogens (tertiary/aromatic N) is 1. The van der Waals surface area contributed by atoms with Crippen LogP contribution in [-0.2, 0) is 35.4 Å². The zero-order valence-corrected chi connectivity index (χ0v) is 34.7. The normalized spacial score (nSPS) is 11.2. The van der Waals surface area contributed by atoms with Crippen LogP contribution in [0.15, 0.2) is 90.0 Å². The number of amides is 2. The third-order valence-corrected chi connectivity index (χ3v) is 10.6. The van der Waals surface area contributed by atoms with Crippen molar-refractivity contribution in [3.8, 4) is 23.3 Å². The van der Waals surface area contributed by atoms with Gasteiger partial charge in [0.2, 0.25) is 0 Å². The number of nitrogens with one attached hydrogen (secondary N) is 4. The number of anilines is 1. The number of carbonyl (C=O) groups is 2. The molecule has 317 valence electrons. The summed E-state index contributed by atoms with van der Waals surface area (Å²) in [7, 11) is -0.735. The Labute approximate surface area is 350 Å². The first-order valence-electron chi connectivity index (χ1n) is 19.3. The summed E-state index contributed by atoms with van der Waals surface area (Å²) in [5.74, 6) is 1.39. The molecule has 0 fully saturated rings. The molecule has 0 unspecified atom stereocenters. The average molecular weight is 841 g/mol. The van der Waals surface area contributed by atoms with E-state index < -0.39 is 10.0 Å². The number of hydrogen-bond donors (Lipinski definition) is 4. The highest BCUT2D eigenvalue weighted by atomic mass is 32.2. The molecule has 60 heavy (non-hydrogen) atoms. The zero-order chi connectivity index (χ0) is 42.7. The average Bonchev–Trinajstić information content (AvgIpc) is 3.71. The number of fused-ring (bicyclic) bond motifs is 1. The molecule has 0 bridgehead atoms. The lowest BCUT2D eigenvalue weighted by Gasteiger charge is -2.11. The van der Waals surface area contributed by atoms with Crippen molar-refractivity contribution in [2.24, 2.45) is 0 Å². The van der Waals surface area contributed by atoms with Crippen LogP contribution in [-0.4, -0.2) is 98.8 Å². The van der Waals surface area contributed by atoms with Gasteiger partial charge in [-0.3, -0.25) is 14.3 Å². The maximum Gasteiger partial charge on any atom is 0.261 e. The predicted octanol–water partition coefficient (Wildman–Crippen LogP) is 5.33. The van der Waals surface area contributed by atoms with Crippen LogP contribution in [0.2, 0.25) is 0 Å². The summed E-state index contributed by atoms with van der Waals surface area (Å²) in [6.07, 6.45) is 5.31. The zero-order valence-electron chi connectivity index (χ0n) is 33.9. The quantitative estimate of drug-likeness (QED) is 0.0555. The van der Waals surface area contributed by atoms with Crippen LogP contribution < -0.4 is 29.6 Å². The van der Waals surface area contributed by atoms with Crippen LogP contribution in [0.4, 0.5) is 5.69 Å². The summed E-state index contributed by atoms with van der Waals surface area (Å²) in [4.78, 5) is 27.8. The Morgan fingerprint density at radius 2 is 1.52 bits per heavy atom. The molecule has 1 radical (unpaired) electrons. The molecule has 2 amide bonds. The number of carbonyl (C=O) groups excluding carboxylic acids is 2. The molecule has 0 aliphatic rings. The second-order valence-electron chi connectivity index (χ2n) is 13.4. The van der Waals surface area contributed by atoms with Crippen molar-refractivity contribution in [3.63, 3.8) is 0 Å². The number of H-pyrrole nitrogens is 1. The minimum atomic E-state index is -3.97. The second-order valence-corrected chi connectivity index (χ2v) is 15.0. The molecule has 1 heterocycles. The summed E-state index contributed by atoms with van der Waals surface area (Å²) in [5, 5.41) is 15.5. The Balaban J connectivity index is 0.858. The predicted molar refractivity (Wildman–Crippen MR) is 226 cm³/mol. The van der Waals surface area contributed by atoms with Crippen LogP contribution in [0.3, 0.4) is 0 Å². The first-order valence-corrected chi connectivity index (χ1v) is 20.8. The molecule has 0 aliphatic carbocycles. The standard InChI is InChI=1S/C44H50N5O10S/c1-31-10-16-38(43-42(31)35(28-45)29-48-43)49-60(52,53)37-14-12-34(13-15-37)44(51)47-19-21-57-23-25-58-24-22-56-20-18-46-41(50)30-59-36-9-5-8-32(26-36)6-4-7-33-11-17-39(54-2)40(27-33)55-3/h5-6,8-17,26-27,29,48-49H,4,7,18-25,30H2,1-3H3,(H,46,50)(H,47,51). The van der Waals surface area contributed by atoms with Gasteiger partial charge in [0, 0.05) is 30.2 Å². The number of ether oxygens (including phenoxy) is 6. The van der Waals surface area contributed by atoms with Gasteiger partial charge >= 0.3 is 0 Å². The van der Waals surface area contributed by atoms with Crippen molar-refractivity contribution in [3.05, 3.63) is 119 Å². The van der Waals surface area contributed by atoms with E-state index in [-0.39, 0.29) is 36.5 Å². The number of methoxy groups -OCH3 is 2. The highest BCUT2D eigenvalue weighted by Crippen LogP contribution is 2.31. The van der Waals surface area contributed by atoms with Crippen molar-refractivity contribution >= 4 is 38.4 Å². The lowest BCUT2D eigenvalue weighted by molar-refractivity contribution is -0.123. The van der Waals surface area contributed by atoms with Gasteiger partial charge < -0.3 is 44.0 Å². The second kappa shape index (κ2) is 22.9. The van der Waals surface area contributed by atoms with Crippen LogP contribution in [0, 0.1) is 24.7 Å². The molecule has 0 spiro atoms. The Morgan fingerprint density at radius 1 is 0.817 bits per heavy atom. The molecule has 16 heteroatoms. The summed E-state index contributed by atoms with van der Waals surface area (Å²) in [6.45, 7) is 4.25. The summed E-state index contributed by atoms with van der Waals surface area (Å²) in [6, 6.07) is 24.5. The Hall–Kier alpha value is -6.12. The van der Waals surface area contributed by atoms with E-state index in [0.29, 0.717) is 84.5 Å². The number of aromatic nitrogens is 1. The SMILES string of the molecule is COc1ccc(CC[CH]c2cccc(OCC(=O)NCCOCCOCCOCCNC(=O)c3ccc(S(=O)(=O)Nc4ccc(C)c5c(C#N)c[nH]c45)cc3)c2)cc1OC. The summed E-state index contributed by atoms with van der Waals surface area (Å²) >= 11 is 0. The number of nitriles is 1. The van der Waals surface area contributed by atoms with Crippen molar-refractivity contribution in [1.82, 2.24) is 15.6 Å². The van der Waals surface area contributed by atoms with E-state index in [4.69, 9.17) is 28.4 Å². The first-order chi connectivity index (χ1) is 29.1. The van der Waals surface area contributed by atoms with Crippen molar-refractivity contribution in [1.29, 1.82) is 5.26 Å². The Kier molecular flexibility index (Phi) is 17.1. The minimum Gasteiger partial charge on any atom is -0.493 e. The van der Waals surface area contributed by atoms with Crippen LogP contribution in [0.5, 0.6) is 17.2 Å². The largest absolute Gasteiger partial charge is 0.493 e. The number of aryl methyl sites for hydroxylation is 2. The smallest absolute Gasteiger partial charge is 0.261 e. The molecule has 5 aromatic rings. The monoisotopic (exact) mass is 840 g/mol. The molecular weight excluding hydrogens is 791 g/mol. The lowest BCUT2D eigenvalue weighted by Crippen LogP contribution is -2.31. The van der Waals surface area contributed by atoms with E-state index in [1.807, 2.05) is 49.4 Å². The van der Waals surface area contributed by atoms with Gasteiger partial charge in [-0.2, -0.15) is 5.26 Å². The fourth-order valence-electron chi connectivity index (χ4n) is 6.10. The number of aromatic amines is 1. The minimum absolute atomic E-state index is 0.0189. The Bertz CT molecular complexity index is 2340. The molecule has 1 aromatic heterocycles. The van der Waals surface area contributed by atoms with Gasteiger partial charge in [0.1, 0.15) is 11.8 Å². The molecule has 0 saturated carbocycles. The fourth-order valence-corrected chi connectivity index (χ4v) is 7.17. The van der Waals surface area contributed by atoms with Gasteiger partial charge in [-0.15, -0.1) is 0 Å². The van der Waals surface area contributed by atoms with Crippen molar-refractivity contribution in [2.45, 2.75) is 24.7 Å². The molecular formula is C44H50N5O10S. The number of rotatable bonds is 25. The molecule has 4 aromatic carbocycles. The van der Waals surface area contributed by atoms with Gasteiger partial charge in [0.05, 0.1) is 75.5 Å².